The number of amides is 1. The molecule has 5 rings (SSSR count). The normalized spacial score (nSPS) is 18.8. The summed E-state index contributed by atoms with van der Waals surface area (Å²) in [5.74, 6) is 0.774. The molecule has 6 heteroatoms. The second-order valence-corrected chi connectivity index (χ2v) is 10.4. The Morgan fingerprint density at radius 3 is 2.47 bits per heavy atom. The van der Waals surface area contributed by atoms with Crippen LogP contribution in [-0.4, -0.2) is 60.1 Å². The molecule has 2 aliphatic rings. The number of hydrogen-bond donors (Lipinski definition) is 1. The number of likely N-dealkylation sites (tertiary alicyclic amines) is 1. The van der Waals surface area contributed by atoms with Gasteiger partial charge in [0.1, 0.15) is 0 Å². The van der Waals surface area contributed by atoms with Crippen molar-refractivity contribution >= 4 is 16.8 Å². The number of piperidine rings is 1. The average molecular weight is 488 g/mol. The average Bonchev–Trinajstić information content (AvgIpc) is 2.93. The minimum absolute atomic E-state index is 0.000399. The molecule has 0 spiro atoms. The molecule has 0 saturated carbocycles. The summed E-state index contributed by atoms with van der Waals surface area (Å²) >= 11 is 0. The third kappa shape index (κ3) is 5.71. The number of aromatic nitrogens is 1. The maximum atomic E-state index is 13.4. The van der Waals surface area contributed by atoms with Crippen molar-refractivity contribution < 1.29 is 9.53 Å². The van der Waals surface area contributed by atoms with Gasteiger partial charge in [-0.1, -0.05) is 48.5 Å². The summed E-state index contributed by atoms with van der Waals surface area (Å²) in [6.07, 6.45) is 4.56. The minimum Gasteiger partial charge on any atom is -0.381 e. The summed E-state index contributed by atoms with van der Waals surface area (Å²) in [5, 5.41) is 1.07. The highest BCUT2D eigenvalue weighted by Crippen LogP contribution is 2.29. The molecule has 2 saturated heterocycles. The van der Waals surface area contributed by atoms with E-state index < -0.39 is 0 Å². The molecule has 1 unspecified atom stereocenters. The van der Waals surface area contributed by atoms with Gasteiger partial charge in [-0.2, -0.15) is 0 Å². The van der Waals surface area contributed by atoms with Gasteiger partial charge in [-0.15, -0.1) is 0 Å². The van der Waals surface area contributed by atoms with E-state index in [2.05, 4.69) is 39.0 Å². The van der Waals surface area contributed by atoms with Crippen molar-refractivity contribution in [2.45, 2.75) is 44.7 Å². The summed E-state index contributed by atoms with van der Waals surface area (Å²) in [6, 6.07) is 20.7. The Balaban J connectivity index is 1.27. The lowest BCUT2D eigenvalue weighted by Gasteiger charge is -2.41. The second kappa shape index (κ2) is 11.4. The third-order valence-electron chi connectivity index (χ3n) is 8.10. The maximum Gasteiger partial charge on any atom is 0.252 e. The standard InChI is InChI=1S/C30H37N3O3/c1-32(30(35)24-13-17-36-18-14-24)28(19-22-7-3-2-4-8-22)23-11-15-33(16-12-23)21-26-20-25-9-5-6-10-27(25)31-29(26)34/h2-10,20,23-24,28H,11-19,21H2,1H3,(H,31,34). The van der Waals surface area contributed by atoms with Crippen LogP contribution in [0.15, 0.2) is 65.5 Å². The largest absolute Gasteiger partial charge is 0.381 e. The lowest BCUT2D eigenvalue weighted by molar-refractivity contribution is -0.140. The van der Waals surface area contributed by atoms with Gasteiger partial charge in [-0.3, -0.25) is 14.5 Å². The number of nitrogens with zero attached hydrogens (tertiary/aromatic N) is 2. The second-order valence-electron chi connectivity index (χ2n) is 10.4. The van der Waals surface area contributed by atoms with E-state index in [0.717, 1.165) is 61.7 Å². The highest BCUT2D eigenvalue weighted by molar-refractivity contribution is 5.79. The van der Waals surface area contributed by atoms with Crippen LogP contribution in [0, 0.1) is 11.8 Å². The van der Waals surface area contributed by atoms with E-state index in [1.807, 2.05) is 43.4 Å². The Hall–Kier alpha value is -2.96. The lowest BCUT2D eigenvalue weighted by Crippen LogP contribution is -2.49. The van der Waals surface area contributed by atoms with Crippen molar-refractivity contribution in [1.82, 2.24) is 14.8 Å². The molecule has 2 fully saturated rings. The van der Waals surface area contributed by atoms with E-state index in [0.29, 0.717) is 25.7 Å². The van der Waals surface area contributed by atoms with Crippen molar-refractivity contribution in [1.29, 1.82) is 0 Å². The number of H-pyrrole nitrogens is 1. The van der Waals surface area contributed by atoms with Gasteiger partial charge >= 0.3 is 0 Å². The molecule has 1 atom stereocenters. The molecule has 0 radical (unpaired) electrons. The molecule has 1 N–H and O–H groups in total. The number of carbonyl (C=O) groups excluding carboxylic acids is 1. The number of hydrogen-bond acceptors (Lipinski definition) is 4. The number of para-hydroxylation sites is 1. The summed E-state index contributed by atoms with van der Waals surface area (Å²) < 4.78 is 5.49. The zero-order valence-electron chi connectivity index (χ0n) is 21.2. The molecule has 1 amide bonds. The molecule has 36 heavy (non-hydrogen) atoms. The van der Waals surface area contributed by atoms with E-state index in [4.69, 9.17) is 4.74 Å². The van der Waals surface area contributed by atoms with Crippen LogP contribution in [0.1, 0.15) is 36.8 Å². The minimum atomic E-state index is -0.000399. The van der Waals surface area contributed by atoms with Crippen LogP contribution < -0.4 is 5.56 Å². The Kier molecular flexibility index (Phi) is 7.83. The van der Waals surface area contributed by atoms with Gasteiger partial charge in [0.25, 0.3) is 5.56 Å². The zero-order chi connectivity index (χ0) is 24.9. The van der Waals surface area contributed by atoms with Crippen molar-refractivity contribution in [3.8, 4) is 0 Å². The molecular weight excluding hydrogens is 450 g/mol. The van der Waals surface area contributed by atoms with E-state index in [-0.39, 0.29) is 23.4 Å². The Bertz CT molecular complexity index is 1210. The molecule has 1 aromatic heterocycles. The lowest BCUT2D eigenvalue weighted by atomic mass is 9.84. The number of likely N-dealkylation sites (N-methyl/N-ethyl adjacent to an activating group) is 1. The third-order valence-corrected chi connectivity index (χ3v) is 8.10. The Morgan fingerprint density at radius 1 is 1.03 bits per heavy atom. The van der Waals surface area contributed by atoms with Gasteiger partial charge in [0, 0.05) is 49.8 Å². The highest BCUT2D eigenvalue weighted by Gasteiger charge is 2.34. The number of pyridine rings is 1. The topological polar surface area (TPSA) is 65.6 Å². The first kappa shape index (κ1) is 24.7. The summed E-state index contributed by atoms with van der Waals surface area (Å²) in [5.41, 5.74) is 2.98. The Labute approximate surface area is 213 Å². The molecule has 6 nitrogen and oxygen atoms in total. The quantitative estimate of drug-likeness (QED) is 0.542. The number of aromatic amines is 1. The van der Waals surface area contributed by atoms with Gasteiger partial charge in [-0.05, 0) is 74.2 Å². The highest BCUT2D eigenvalue weighted by atomic mass is 16.5. The molecule has 2 aliphatic heterocycles. The summed E-state index contributed by atoms with van der Waals surface area (Å²) in [7, 11) is 2.01. The van der Waals surface area contributed by atoms with E-state index in [1.54, 1.807) is 0 Å². The Morgan fingerprint density at radius 2 is 1.72 bits per heavy atom. The summed E-state index contributed by atoms with van der Waals surface area (Å²) in [4.78, 5) is 33.6. The van der Waals surface area contributed by atoms with E-state index in [1.165, 1.54) is 5.56 Å². The number of carbonyl (C=O) groups is 1. The number of nitrogens with one attached hydrogen (secondary N) is 1. The SMILES string of the molecule is CN(C(=O)C1CCOCC1)C(Cc1ccccc1)C1CCN(Cc2cc3ccccc3[nH]c2=O)CC1. The van der Waals surface area contributed by atoms with Crippen molar-refractivity contribution in [3.05, 3.63) is 82.1 Å². The maximum absolute atomic E-state index is 13.4. The molecule has 190 valence electrons. The monoisotopic (exact) mass is 487 g/mol. The fourth-order valence-electron chi connectivity index (χ4n) is 5.92. The van der Waals surface area contributed by atoms with Crippen LogP contribution >= 0.6 is 0 Å². The zero-order valence-corrected chi connectivity index (χ0v) is 21.2. The molecular formula is C30H37N3O3. The van der Waals surface area contributed by atoms with Gasteiger partial charge in [0.05, 0.1) is 0 Å². The van der Waals surface area contributed by atoms with E-state index >= 15 is 0 Å². The van der Waals surface area contributed by atoms with Gasteiger partial charge in [0.2, 0.25) is 5.91 Å². The summed E-state index contributed by atoms with van der Waals surface area (Å²) in [6.45, 7) is 3.88. The molecule has 3 aromatic rings. The van der Waals surface area contributed by atoms with Crippen LogP contribution in [0.3, 0.4) is 0 Å². The predicted molar refractivity (Wildman–Crippen MR) is 143 cm³/mol. The first-order valence-electron chi connectivity index (χ1n) is 13.3. The van der Waals surface area contributed by atoms with E-state index in [9.17, 15) is 9.59 Å². The molecule has 0 bridgehead atoms. The number of fused-ring (bicyclic) bond motifs is 1. The van der Waals surface area contributed by atoms with Crippen molar-refractivity contribution in [2.75, 3.05) is 33.4 Å². The number of benzene rings is 2. The van der Waals surface area contributed by atoms with Gasteiger partial charge in [-0.25, -0.2) is 0 Å². The van der Waals surface area contributed by atoms with Gasteiger partial charge in [0.15, 0.2) is 0 Å². The van der Waals surface area contributed by atoms with Crippen LogP contribution in [0.25, 0.3) is 10.9 Å². The number of rotatable bonds is 7. The van der Waals surface area contributed by atoms with Crippen molar-refractivity contribution in [2.24, 2.45) is 11.8 Å². The fraction of sp³-hybridized carbons (Fsp3) is 0.467. The fourth-order valence-corrected chi connectivity index (χ4v) is 5.92. The smallest absolute Gasteiger partial charge is 0.252 e. The molecule has 2 aromatic carbocycles. The molecule has 0 aliphatic carbocycles. The predicted octanol–water partition coefficient (Wildman–Crippen LogP) is 4.24. The molecule has 3 heterocycles. The van der Waals surface area contributed by atoms with Gasteiger partial charge < -0.3 is 14.6 Å². The number of ether oxygens (including phenoxy) is 1. The first-order chi connectivity index (χ1) is 17.6. The van der Waals surface area contributed by atoms with Crippen LogP contribution in [0.4, 0.5) is 0 Å². The first-order valence-corrected chi connectivity index (χ1v) is 13.3. The van der Waals surface area contributed by atoms with Crippen LogP contribution in [0.5, 0.6) is 0 Å². The van der Waals surface area contributed by atoms with Crippen LogP contribution in [-0.2, 0) is 22.5 Å². The van der Waals surface area contributed by atoms with Crippen molar-refractivity contribution in [3.63, 3.8) is 0 Å². The van der Waals surface area contributed by atoms with Crippen LogP contribution in [0.2, 0.25) is 0 Å².